The van der Waals surface area contributed by atoms with Crippen molar-refractivity contribution in [3.63, 3.8) is 0 Å². The summed E-state index contributed by atoms with van der Waals surface area (Å²) in [4.78, 5) is 29.7. The van der Waals surface area contributed by atoms with Gasteiger partial charge in [-0.15, -0.1) is 0 Å². The normalized spacial score (nSPS) is 28.6. The Morgan fingerprint density at radius 2 is 1.57 bits per heavy atom. The lowest BCUT2D eigenvalue weighted by atomic mass is 9.92. The number of hydrogen-bond donors (Lipinski definition) is 1. The monoisotopic (exact) mass is 373 g/mol. The van der Waals surface area contributed by atoms with E-state index in [0.717, 1.165) is 12.1 Å². The van der Waals surface area contributed by atoms with Gasteiger partial charge in [0.25, 0.3) is 11.8 Å². The van der Waals surface area contributed by atoms with E-state index in [1.807, 2.05) is 54.6 Å². The molecule has 142 valence electrons. The lowest BCUT2D eigenvalue weighted by Crippen LogP contribution is -2.51. The molecule has 3 aliphatic rings. The maximum atomic E-state index is 13.2. The third-order valence-electron chi connectivity index (χ3n) is 6.28. The Morgan fingerprint density at radius 1 is 0.857 bits per heavy atom. The lowest BCUT2D eigenvalue weighted by Gasteiger charge is -2.29. The van der Waals surface area contributed by atoms with E-state index < -0.39 is 6.04 Å². The zero-order chi connectivity index (χ0) is 19.3. The lowest BCUT2D eigenvalue weighted by molar-refractivity contribution is -0.127. The minimum Gasteiger partial charge on any atom is -0.312 e. The third kappa shape index (κ3) is 2.66. The van der Waals surface area contributed by atoms with Crippen LogP contribution in [0.2, 0.25) is 0 Å². The van der Waals surface area contributed by atoms with Gasteiger partial charge in [0, 0.05) is 12.2 Å². The highest BCUT2D eigenvalue weighted by molar-refractivity contribution is 6.22. The smallest absolute Gasteiger partial charge is 0.258 e. The van der Waals surface area contributed by atoms with Gasteiger partial charge in [0.1, 0.15) is 0 Å². The fourth-order valence-electron chi connectivity index (χ4n) is 4.90. The van der Waals surface area contributed by atoms with E-state index in [0.29, 0.717) is 35.7 Å². The zero-order valence-corrected chi connectivity index (χ0v) is 15.6. The molecule has 1 saturated carbocycles. The summed E-state index contributed by atoms with van der Waals surface area (Å²) in [6.45, 7) is 0.602. The van der Waals surface area contributed by atoms with Gasteiger partial charge in [0.05, 0.1) is 11.4 Å². The SMILES string of the molecule is NC1C(=O)N(CC2CC3C=CC2C3)c2ccccc2N(c2ccccc2)C1=O. The first kappa shape index (κ1) is 17.2. The second-order valence-electron chi connectivity index (χ2n) is 7.96. The van der Waals surface area contributed by atoms with Gasteiger partial charge in [-0.1, -0.05) is 42.5 Å². The van der Waals surface area contributed by atoms with E-state index in [1.54, 1.807) is 9.80 Å². The summed E-state index contributed by atoms with van der Waals surface area (Å²) >= 11 is 0. The van der Waals surface area contributed by atoms with Gasteiger partial charge < -0.3 is 10.6 Å². The maximum absolute atomic E-state index is 13.2. The van der Waals surface area contributed by atoms with Crippen LogP contribution in [0.15, 0.2) is 66.7 Å². The molecule has 2 aromatic carbocycles. The predicted octanol–water partition coefficient (Wildman–Crippen LogP) is 3.24. The molecule has 4 unspecified atom stereocenters. The fraction of sp³-hybridized carbons (Fsp3) is 0.304. The molecule has 2 amide bonds. The molecule has 5 heteroatoms. The summed E-state index contributed by atoms with van der Waals surface area (Å²) < 4.78 is 0. The fourth-order valence-corrected chi connectivity index (χ4v) is 4.90. The molecule has 0 saturated heterocycles. The maximum Gasteiger partial charge on any atom is 0.258 e. The summed E-state index contributed by atoms with van der Waals surface area (Å²) in [5.41, 5.74) is 8.35. The number of hydrogen-bond acceptors (Lipinski definition) is 3. The number of fused-ring (bicyclic) bond motifs is 3. The van der Waals surface area contributed by atoms with Crippen molar-refractivity contribution in [1.29, 1.82) is 0 Å². The van der Waals surface area contributed by atoms with Crippen LogP contribution >= 0.6 is 0 Å². The second-order valence-corrected chi connectivity index (χ2v) is 7.96. The summed E-state index contributed by atoms with van der Waals surface area (Å²) in [6, 6.07) is 15.8. The Morgan fingerprint density at radius 3 is 2.25 bits per heavy atom. The number of anilines is 3. The topological polar surface area (TPSA) is 66.6 Å². The largest absolute Gasteiger partial charge is 0.312 e. The third-order valence-corrected chi connectivity index (χ3v) is 6.28. The van der Waals surface area contributed by atoms with Crippen LogP contribution in [0.3, 0.4) is 0 Å². The number of allylic oxidation sites excluding steroid dienone is 2. The number of nitrogens with zero attached hydrogens (tertiary/aromatic N) is 2. The van der Waals surface area contributed by atoms with Crippen LogP contribution in [-0.4, -0.2) is 24.4 Å². The summed E-state index contributed by atoms with van der Waals surface area (Å²) in [7, 11) is 0. The molecule has 5 nitrogen and oxygen atoms in total. The van der Waals surface area contributed by atoms with Crippen molar-refractivity contribution in [2.24, 2.45) is 23.5 Å². The minimum atomic E-state index is -1.21. The van der Waals surface area contributed by atoms with Gasteiger partial charge in [-0.25, -0.2) is 0 Å². The molecule has 4 atom stereocenters. The minimum absolute atomic E-state index is 0.317. The van der Waals surface area contributed by atoms with Gasteiger partial charge in [0.15, 0.2) is 6.04 Å². The van der Waals surface area contributed by atoms with E-state index in [4.69, 9.17) is 5.73 Å². The van der Waals surface area contributed by atoms with Crippen LogP contribution < -0.4 is 15.5 Å². The number of para-hydroxylation sites is 3. The van der Waals surface area contributed by atoms with Gasteiger partial charge in [-0.2, -0.15) is 0 Å². The van der Waals surface area contributed by atoms with E-state index in [-0.39, 0.29) is 11.8 Å². The molecule has 0 aromatic heterocycles. The van der Waals surface area contributed by atoms with Crippen molar-refractivity contribution in [1.82, 2.24) is 0 Å². The molecule has 1 fully saturated rings. The molecular formula is C23H23N3O2. The van der Waals surface area contributed by atoms with Crippen LogP contribution in [-0.2, 0) is 9.59 Å². The summed E-state index contributed by atoms with van der Waals surface area (Å²) in [5.74, 6) is 0.855. The number of carbonyl (C=O) groups excluding carboxylic acids is 2. The van der Waals surface area contributed by atoms with Crippen molar-refractivity contribution in [2.45, 2.75) is 18.9 Å². The first-order valence-corrected chi connectivity index (χ1v) is 9.87. The van der Waals surface area contributed by atoms with Gasteiger partial charge in [0.2, 0.25) is 0 Å². The average molecular weight is 373 g/mol. The number of nitrogens with two attached hydrogens (primary N) is 1. The van der Waals surface area contributed by atoms with Gasteiger partial charge in [-0.3, -0.25) is 14.5 Å². The molecule has 0 radical (unpaired) electrons. The molecule has 2 N–H and O–H groups in total. The highest BCUT2D eigenvalue weighted by Gasteiger charge is 2.42. The predicted molar refractivity (Wildman–Crippen MR) is 109 cm³/mol. The van der Waals surface area contributed by atoms with Crippen molar-refractivity contribution >= 4 is 28.9 Å². The number of benzene rings is 2. The average Bonchev–Trinajstić information content (AvgIpc) is 3.34. The molecule has 2 bridgehead atoms. The Hall–Kier alpha value is -2.92. The van der Waals surface area contributed by atoms with Crippen LogP contribution in [0.4, 0.5) is 17.1 Å². The van der Waals surface area contributed by atoms with Crippen molar-refractivity contribution in [3.05, 3.63) is 66.7 Å². The molecule has 2 aromatic rings. The van der Waals surface area contributed by atoms with E-state index in [9.17, 15) is 9.59 Å². The second kappa shape index (κ2) is 6.60. The Bertz CT molecular complexity index is 955. The van der Waals surface area contributed by atoms with Crippen molar-refractivity contribution in [3.8, 4) is 0 Å². The Balaban J connectivity index is 1.58. The summed E-state index contributed by atoms with van der Waals surface area (Å²) in [5, 5.41) is 0. The van der Waals surface area contributed by atoms with Crippen LogP contribution in [0.5, 0.6) is 0 Å². The van der Waals surface area contributed by atoms with Gasteiger partial charge >= 0.3 is 0 Å². The van der Waals surface area contributed by atoms with Gasteiger partial charge in [-0.05, 0) is 54.9 Å². The molecule has 1 aliphatic heterocycles. The van der Waals surface area contributed by atoms with Crippen LogP contribution in [0, 0.1) is 17.8 Å². The molecule has 1 heterocycles. The molecular weight excluding hydrogens is 350 g/mol. The summed E-state index contributed by atoms with van der Waals surface area (Å²) in [6.07, 6.45) is 6.86. The molecule has 5 rings (SSSR count). The highest BCUT2D eigenvalue weighted by Crippen LogP contribution is 2.45. The number of rotatable bonds is 3. The number of carbonyl (C=O) groups is 2. The van der Waals surface area contributed by atoms with Crippen LogP contribution in [0.25, 0.3) is 0 Å². The first-order valence-electron chi connectivity index (χ1n) is 9.87. The van der Waals surface area contributed by atoms with E-state index >= 15 is 0 Å². The number of amides is 2. The van der Waals surface area contributed by atoms with E-state index in [1.165, 1.54) is 6.42 Å². The molecule has 28 heavy (non-hydrogen) atoms. The van der Waals surface area contributed by atoms with Crippen LogP contribution in [0.1, 0.15) is 12.8 Å². The first-order chi connectivity index (χ1) is 13.6. The zero-order valence-electron chi connectivity index (χ0n) is 15.6. The Kier molecular flexibility index (Phi) is 4.05. The molecule has 2 aliphatic carbocycles. The van der Waals surface area contributed by atoms with E-state index in [2.05, 4.69) is 12.2 Å². The van der Waals surface area contributed by atoms with Crippen molar-refractivity contribution in [2.75, 3.05) is 16.3 Å². The molecule has 0 spiro atoms. The Labute approximate surface area is 164 Å². The highest BCUT2D eigenvalue weighted by atomic mass is 16.2. The standard InChI is InChI=1S/C23H23N3O2/c24-21-22(27)25(14-17-13-15-10-11-16(17)12-15)19-8-4-5-9-20(19)26(23(21)28)18-6-2-1-3-7-18/h1-11,15-17,21H,12-14,24H2. The quantitative estimate of drug-likeness (QED) is 0.663. The van der Waals surface area contributed by atoms with Crippen molar-refractivity contribution < 1.29 is 9.59 Å².